The van der Waals surface area contributed by atoms with Crippen molar-refractivity contribution in [3.63, 3.8) is 0 Å². The highest BCUT2D eigenvalue weighted by Gasteiger charge is 2.14. The number of benzene rings is 1. The summed E-state index contributed by atoms with van der Waals surface area (Å²) >= 11 is 7.03. The van der Waals surface area contributed by atoms with E-state index in [9.17, 15) is 13.6 Å². The average Bonchev–Trinajstić information content (AvgIpc) is 2.18. The van der Waals surface area contributed by atoms with Crippen LogP contribution in [0.25, 0.3) is 0 Å². The van der Waals surface area contributed by atoms with Crippen molar-refractivity contribution in [1.82, 2.24) is 0 Å². The Balaban J connectivity index is 3.02. The lowest BCUT2D eigenvalue weighted by Crippen LogP contribution is -2.01. The number of thiol groups is 1. The van der Waals surface area contributed by atoms with E-state index in [0.717, 1.165) is 0 Å². The Morgan fingerprint density at radius 2 is 2.13 bits per heavy atom. The van der Waals surface area contributed by atoms with Gasteiger partial charge in [0.15, 0.2) is 5.78 Å². The molecule has 0 radical (unpaired) electrons. The number of hydrogen-bond donors (Lipinski definition) is 1. The Morgan fingerprint density at radius 3 is 2.67 bits per heavy atom. The molecule has 1 aromatic carbocycles. The summed E-state index contributed by atoms with van der Waals surface area (Å²) in [6.07, 6.45) is -2.30. The first-order chi connectivity index (χ1) is 7.06. The van der Waals surface area contributed by atoms with Crippen LogP contribution in [0.4, 0.5) is 8.78 Å². The van der Waals surface area contributed by atoms with Gasteiger partial charge < -0.3 is 0 Å². The molecule has 0 unspecified atom stereocenters. The number of ketones is 1. The molecular weight excluding hydrogens is 286 g/mol. The third kappa shape index (κ3) is 3.28. The molecule has 0 saturated carbocycles. The summed E-state index contributed by atoms with van der Waals surface area (Å²) in [5, 5.41) is 0.526. The van der Waals surface area contributed by atoms with Gasteiger partial charge in [0.25, 0.3) is 6.43 Å². The second-order valence-corrected chi connectivity index (χ2v) is 4.21. The molecule has 5 heteroatoms. The zero-order chi connectivity index (χ0) is 11.4. The number of halogens is 3. The predicted octanol–water partition coefficient (Wildman–Crippen LogP) is 3.88. The quantitative estimate of drug-likeness (QED) is 0.507. The minimum Gasteiger partial charge on any atom is -0.294 e. The zero-order valence-corrected chi connectivity index (χ0v) is 10.2. The summed E-state index contributed by atoms with van der Waals surface area (Å²) in [7, 11) is 0. The molecule has 15 heavy (non-hydrogen) atoms. The van der Waals surface area contributed by atoms with Crippen LogP contribution in [-0.4, -0.2) is 11.1 Å². The molecule has 1 aromatic rings. The van der Waals surface area contributed by atoms with Gasteiger partial charge in [-0.2, -0.15) is 0 Å². The van der Waals surface area contributed by atoms with E-state index in [0.29, 0.717) is 17.3 Å². The van der Waals surface area contributed by atoms with Crippen molar-refractivity contribution in [3.8, 4) is 0 Å². The van der Waals surface area contributed by atoms with Gasteiger partial charge in [-0.1, -0.05) is 22.0 Å². The molecule has 0 atom stereocenters. The monoisotopic (exact) mass is 294 g/mol. The molecular formula is C10H9BrF2OS. The zero-order valence-electron chi connectivity index (χ0n) is 7.71. The number of carbonyl (C=O) groups excluding carboxylic acids is 1. The largest absolute Gasteiger partial charge is 0.294 e. The topological polar surface area (TPSA) is 17.1 Å². The van der Waals surface area contributed by atoms with E-state index < -0.39 is 6.43 Å². The maximum absolute atomic E-state index is 12.5. The Kier molecular flexibility index (Phi) is 4.73. The predicted molar refractivity (Wildman–Crippen MR) is 61.4 cm³/mol. The van der Waals surface area contributed by atoms with Gasteiger partial charge in [-0.05, 0) is 12.1 Å². The Bertz CT molecular complexity index is 368. The lowest BCUT2D eigenvalue weighted by atomic mass is 10.1. The molecule has 1 rings (SSSR count). The molecule has 0 bridgehead atoms. The van der Waals surface area contributed by atoms with Crippen molar-refractivity contribution in [2.75, 3.05) is 5.33 Å². The second kappa shape index (κ2) is 5.61. The molecule has 0 aliphatic carbocycles. The number of alkyl halides is 3. The van der Waals surface area contributed by atoms with Gasteiger partial charge in [0, 0.05) is 27.8 Å². The van der Waals surface area contributed by atoms with Crippen LogP contribution in [-0.2, 0) is 0 Å². The summed E-state index contributed by atoms with van der Waals surface area (Å²) in [4.78, 5) is 11.6. The van der Waals surface area contributed by atoms with Crippen molar-refractivity contribution < 1.29 is 13.6 Å². The van der Waals surface area contributed by atoms with Gasteiger partial charge in [-0.25, -0.2) is 8.78 Å². The summed E-state index contributed by atoms with van der Waals surface area (Å²) < 4.78 is 25.0. The summed E-state index contributed by atoms with van der Waals surface area (Å²) in [5.41, 5.74) is 0.112. The van der Waals surface area contributed by atoms with Crippen LogP contribution in [0.3, 0.4) is 0 Å². The van der Waals surface area contributed by atoms with Crippen LogP contribution in [0.5, 0.6) is 0 Å². The first-order valence-corrected chi connectivity index (χ1v) is 5.83. The van der Waals surface area contributed by atoms with Crippen molar-refractivity contribution in [2.24, 2.45) is 0 Å². The van der Waals surface area contributed by atoms with Crippen LogP contribution in [0.15, 0.2) is 23.1 Å². The van der Waals surface area contributed by atoms with Crippen LogP contribution < -0.4 is 0 Å². The lowest BCUT2D eigenvalue weighted by Gasteiger charge is -2.06. The molecule has 0 aromatic heterocycles. The van der Waals surface area contributed by atoms with Crippen LogP contribution >= 0.6 is 28.6 Å². The Hall–Kier alpha value is -0.420. The second-order valence-electron chi connectivity index (χ2n) is 2.94. The number of carbonyl (C=O) groups is 1. The molecule has 0 aliphatic rings. The molecule has 0 fully saturated rings. The Labute approximate surface area is 100 Å². The van der Waals surface area contributed by atoms with Gasteiger partial charge in [0.05, 0.1) is 0 Å². The highest BCUT2D eigenvalue weighted by atomic mass is 79.9. The van der Waals surface area contributed by atoms with E-state index in [1.165, 1.54) is 18.2 Å². The molecule has 82 valence electrons. The smallest absolute Gasteiger partial charge is 0.264 e. The fourth-order valence-electron chi connectivity index (χ4n) is 1.13. The standard InChI is InChI=1S/C10H9BrF2OS/c11-4-3-8(14)6-1-2-9(15)7(5-6)10(12)13/h1-2,5,10,15H,3-4H2. The minimum absolute atomic E-state index is 0.151. The van der Waals surface area contributed by atoms with Crippen molar-refractivity contribution in [1.29, 1.82) is 0 Å². The highest BCUT2D eigenvalue weighted by Crippen LogP contribution is 2.27. The highest BCUT2D eigenvalue weighted by molar-refractivity contribution is 9.09. The van der Waals surface area contributed by atoms with Gasteiger partial charge in [0.2, 0.25) is 0 Å². The van der Waals surface area contributed by atoms with E-state index in [1.807, 2.05) is 0 Å². The number of hydrogen-bond acceptors (Lipinski definition) is 2. The van der Waals surface area contributed by atoms with Crippen molar-refractivity contribution in [2.45, 2.75) is 17.7 Å². The number of rotatable bonds is 4. The summed E-state index contributed by atoms with van der Waals surface area (Å²) in [6.45, 7) is 0. The first-order valence-electron chi connectivity index (χ1n) is 4.26. The molecule has 0 N–H and O–H groups in total. The van der Waals surface area contributed by atoms with Crippen molar-refractivity contribution in [3.05, 3.63) is 29.3 Å². The van der Waals surface area contributed by atoms with Gasteiger partial charge >= 0.3 is 0 Å². The molecule has 0 spiro atoms. The van der Waals surface area contributed by atoms with E-state index in [1.54, 1.807) is 0 Å². The normalized spacial score (nSPS) is 10.7. The van der Waals surface area contributed by atoms with E-state index in [2.05, 4.69) is 28.6 Å². The van der Waals surface area contributed by atoms with Crippen LogP contribution in [0, 0.1) is 0 Å². The Morgan fingerprint density at radius 1 is 1.47 bits per heavy atom. The maximum atomic E-state index is 12.5. The van der Waals surface area contributed by atoms with E-state index in [-0.39, 0.29) is 16.2 Å². The molecule has 0 saturated heterocycles. The summed E-state index contributed by atoms with van der Waals surface area (Å²) in [5.74, 6) is -0.151. The van der Waals surface area contributed by atoms with Gasteiger partial charge in [-0.15, -0.1) is 12.6 Å². The van der Waals surface area contributed by atoms with E-state index in [4.69, 9.17) is 0 Å². The summed E-state index contributed by atoms with van der Waals surface area (Å²) in [6, 6.07) is 4.14. The first kappa shape index (κ1) is 12.6. The average molecular weight is 295 g/mol. The van der Waals surface area contributed by atoms with Gasteiger partial charge in [0.1, 0.15) is 0 Å². The third-order valence-electron chi connectivity index (χ3n) is 1.91. The van der Waals surface area contributed by atoms with Crippen LogP contribution in [0.1, 0.15) is 28.8 Å². The molecule has 0 amide bonds. The third-order valence-corrected chi connectivity index (χ3v) is 2.71. The maximum Gasteiger partial charge on any atom is 0.264 e. The van der Waals surface area contributed by atoms with E-state index >= 15 is 0 Å². The fraction of sp³-hybridized carbons (Fsp3) is 0.300. The molecule has 1 nitrogen and oxygen atoms in total. The van der Waals surface area contributed by atoms with Crippen molar-refractivity contribution >= 4 is 34.3 Å². The fourth-order valence-corrected chi connectivity index (χ4v) is 1.73. The minimum atomic E-state index is -2.60. The lowest BCUT2D eigenvalue weighted by molar-refractivity contribution is 0.0989. The molecule has 0 aliphatic heterocycles. The number of Topliss-reactive ketones (excluding diaryl/α,β-unsaturated/α-hetero) is 1. The SMILES string of the molecule is O=C(CCBr)c1ccc(S)c(C(F)F)c1. The molecule has 0 heterocycles. The van der Waals surface area contributed by atoms with Crippen LogP contribution in [0.2, 0.25) is 0 Å². The van der Waals surface area contributed by atoms with Gasteiger partial charge in [-0.3, -0.25) is 4.79 Å².